The van der Waals surface area contributed by atoms with E-state index < -0.39 is 18.5 Å². The number of halogens is 3. The van der Waals surface area contributed by atoms with Crippen LogP contribution >= 0.6 is 0 Å². The summed E-state index contributed by atoms with van der Waals surface area (Å²) >= 11 is 0. The predicted molar refractivity (Wildman–Crippen MR) is 39.6 cm³/mol. The molecule has 3 heteroatoms. The molecular formula is C8H15F3. The zero-order valence-corrected chi connectivity index (χ0v) is 6.99. The molecule has 0 saturated heterocycles. The topological polar surface area (TPSA) is 0 Å². The van der Waals surface area contributed by atoms with Gasteiger partial charge >= 0.3 is 0 Å². The number of unbranched alkanes of at least 4 members (excludes halogenated alkanes) is 1. The van der Waals surface area contributed by atoms with Crippen LogP contribution in [0.2, 0.25) is 0 Å². The molecule has 0 aromatic heterocycles. The summed E-state index contributed by atoms with van der Waals surface area (Å²) in [5.74, 6) is -0.505. The molecule has 0 aliphatic rings. The molecule has 68 valence electrons. The van der Waals surface area contributed by atoms with Crippen molar-refractivity contribution in [2.75, 3.05) is 0 Å². The summed E-state index contributed by atoms with van der Waals surface area (Å²) in [5.41, 5.74) is 0. The van der Waals surface area contributed by atoms with Gasteiger partial charge < -0.3 is 0 Å². The monoisotopic (exact) mass is 168 g/mol. The van der Waals surface area contributed by atoms with Gasteiger partial charge in [-0.15, -0.1) is 0 Å². The second-order valence-corrected chi connectivity index (χ2v) is 2.90. The quantitative estimate of drug-likeness (QED) is 0.590. The van der Waals surface area contributed by atoms with Crippen LogP contribution in [0.3, 0.4) is 0 Å². The van der Waals surface area contributed by atoms with Crippen LogP contribution in [0.1, 0.15) is 33.1 Å². The Morgan fingerprint density at radius 3 is 2.09 bits per heavy atom. The molecule has 0 aromatic rings. The Balaban J connectivity index is 3.55. The Labute approximate surface area is 65.8 Å². The van der Waals surface area contributed by atoms with Gasteiger partial charge in [0.2, 0.25) is 0 Å². The van der Waals surface area contributed by atoms with Crippen LogP contribution in [-0.4, -0.2) is 12.6 Å². The van der Waals surface area contributed by atoms with E-state index in [-0.39, 0.29) is 0 Å². The fourth-order valence-electron chi connectivity index (χ4n) is 0.934. The van der Waals surface area contributed by atoms with Gasteiger partial charge in [-0.25, -0.2) is 13.2 Å². The summed E-state index contributed by atoms with van der Waals surface area (Å²) in [4.78, 5) is 0. The maximum absolute atomic E-state index is 12.5. The highest BCUT2D eigenvalue weighted by molar-refractivity contribution is 4.66. The molecule has 0 spiro atoms. The molecular weight excluding hydrogens is 153 g/mol. The van der Waals surface area contributed by atoms with Crippen LogP contribution in [0.15, 0.2) is 0 Å². The molecule has 11 heavy (non-hydrogen) atoms. The van der Waals surface area contributed by atoms with Crippen molar-refractivity contribution in [3.8, 4) is 0 Å². The van der Waals surface area contributed by atoms with E-state index >= 15 is 0 Å². The van der Waals surface area contributed by atoms with Crippen LogP contribution in [-0.2, 0) is 0 Å². The lowest BCUT2D eigenvalue weighted by Gasteiger charge is -2.14. The van der Waals surface area contributed by atoms with Crippen molar-refractivity contribution >= 4 is 0 Å². The summed E-state index contributed by atoms with van der Waals surface area (Å²) in [6.45, 7) is 3.49. The number of rotatable bonds is 5. The standard InChI is InChI=1S/C8H15F3/c1-3-4-5-6(2)7(9)8(10)11/h6-8H,3-5H2,1-2H3. The van der Waals surface area contributed by atoms with Crippen LogP contribution in [0.25, 0.3) is 0 Å². The summed E-state index contributed by atoms with van der Waals surface area (Å²) in [6.07, 6.45) is -2.44. The van der Waals surface area contributed by atoms with Crippen molar-refractivity contribution in [2.24, 2.45) is 5.92 Å². The van der Waals surface area contributed by atoms with Crippen LogP contribution < -0.4 is 0 Å². The van der Waals surface area contributed by atoms with Gasteiger partial charge in [-0.05, 0) is 12.3 Å². The minimum Gasteiger partial charge on any atom is -0.241 e. The minimum atomic E-state index is -2.82. The molecule has 0 N–H and O–H groups in total. The average Bonchev–Trinajstić information content (AvgIpc) is 1.98. The molecule has 0 nitrogen and oxygen atoms in total. The van der Waals surface area contributed by atoms with Gasteiger partial charge in [0.25, 0.3) is 6.43 Å². The first kappa shape index (κ1) is 10.8. The maximum atomic E-state index is 12.5. The lowest BCUT2D eigenvalue weighted by atomic mass is 9.99. The summed E-state index contributed by atoms with van der Waals surface area (Å²) in [5, 5.41) is 0. The van der Waals surface area contributed by atoms with Crippen molar-refractivity contribution in [3.05, 3.63) is 0 Å². The van der Waals surface area contributed by atoms with Crippen molar-refractivity contribution in [1.29, 1.82) is 0 Å². The highest BCUT2D eigenvalue weighted by Crippen LogP contribution is 2.20. The zero-order valence-electron chi connectivity index (χ0n) is 6.99. The third kappa shape index (κ3) is 4.27. The Morgan fingerprint density at radius 2 is 1.73 bits per heavy atom. The summed E-state index contributed by atoms with van der Waals surface area (Å²) in [7, 11) is 0. The molecule has 2 atom stereocenters. The first-order chi connectivity index (χ1) is 5.09. The third-order valence-corrected chi connectivity index (χ3v) is 1.80. The van der Waals surface area contributed by atoms with E-state index in [1.54, 1.807) is 0 Å². The van der Waals surface area contributed by atoms with Crippen LogP contribution in [0.4, 0.5) is 13.2 Å². The Hall–Kier alpha value is -0.210. The SMILES string of the molecule is CCCCC(C)C(F)C(F)F. The van der Waals surface area contributed by atoms with Gasteiger partial charge in [-0.2, -0.15) is 0 Å². The zero-order chi connectivity index (χ0) is 8.85. The highest BCUT2D eigenvalue weighted by atomic mass is 19.3. The van der Waals surface area contributed by atoms with Gasteiger partial charge in [-0.1, -0.05) is 26.7 Å². The molecule has 2 unspecified atom stereocenters. The van der Waals surface area contributed by atoms with E-state index in [4.69, 9.17) is 0 Å². The molecule has 0 amide bonds. The van der Waals surface area contributed by atoms with E-state index in [0.717, 1.165) is 12.8 Å². The van der Waals surface area contributed by atoms with Crippen molar-refractivity contribution in [3.63, 3.8) is 0 Å². The van der Waals surface area contributed by atoms with Crippen LogP contribution in [0, 0.1) is 5.92 Å². The molecule has 0 aliphatic carbocycles. The fraction of sp³-hybridized carbons (Fsp3) is 1.00. The van der Waals surface area contributed by atoms with Gasteiger partial charge in [0.05, 0.1) is 0 Å². The van der Waals surface area contributed by atoms with E-state index in [2.05, 4.69) is 0 Å². The van der Waals surface area contributed by atoms with E-state index in [1.807, 2.05) is 6.92 Å². The normalized spacial score (nSPS) is 16.9. The minimum absolute atomic E-state index is 0.505. The number of hydrogen-bond acceptors (Lipinski definition) is 0. The van der Waals surface area contributed by atoms with E-state index in [1.165, 1.54) is 6.92 Å². The average molecular weight is 168 g/mol. The predicted octanol–water partition coefficient (Wildman–Crippen LogP) is 3.42. The molecule has 0 fully saturated rings. The van der Waals surface area contributed by atoms with Crippen molar-refractivity contribution in [1.82, 2.24) is 0 Å². The Morgan fingerprint density at radius 1 is 1.18 bits per heavy atom. The first-order valence-corrected chi connectivity index (χ1v) is 4.01. The molecule has 0 heterocycles. The summed E-state index contributed by atoms with van der Waals surface area (Å²) in [6, 6.07) is 0. The molecule has 0 rings (SSSR count). The van der Waals surface area contributed by atoms with Crippen molar-refractivity contribution < 1.29 is 13.2 Å². The first-order valence-electron chi connectivity index (χ1n) is 4.01. The number of hydrogen-bond donors (Lipinski definition) is 0. The molecule has 0 aliphatic heterocycles. The summed E-state index contributed by atoms with van der Waals surface area (Å²) < 4.78 is 36.0. The lowest BCUT2D eigenvalue weighted by Crippen LogP contribution is -2.21. The smallest absolute Gasteiger partial charge is 0.241 e. The van der Waals surface area contributed by atoms with Crippen molar-refractivity contribution in [2.45, 2.75) is 45.7 Å². The van der Waals surface area contributed by atoms with E-state index in [9.17, 15) is 13.2 Å². The molecule has 0 aromatic carbocycles. The largest absolute Gasteiger partial charge is 0.269 e. The van der Waals surface area contributed by atoms with E-state index in [0.29, 0.717) is 6.42 Å². The van der Waals surface area contributed by atoms with Gasteiger partial charge in [0, 0.05) is 0 Å². The van der Waals surface area contributed by atoms with Crippen LogP contribution in [0.5, 0.6) is 0 Å². The fourth-order valence-corrected chi connectivity index (χ4v) is 0.934. The van der Waals surface area contributed by atoms with Gasteiger partial charge in [0.15, 0.2) is 6.17 Å². The molecule has 0 saturated carbocycles. The maximum Gasteiger partial charge on any atom is 0.269 e. The molecule has 0 bridgehead atoms. The second-order valence-electron chi connectivity index (χ2n) is 2.90. The van der Waals surface area contributed by atoms with Gasteiger partial charge in [-0.3, -0.25) is 0 Å². The Kier molecular flexibility index (Phi) is 5.34. The Bertz CT molecular complexity index is 93.3. The highest BCUT2D eigenvalue weighted by Gasteiger charge is 2.25. The third-order valence-electron chi connectivity index (χ3n) is 1.80. The second kappa shape index (κ2) is 5.44. The molecule has 0 radical (unpaired) electrons. The number of alkyl halides is 3. The lowest BCUT2D eigenvalue weighted by molar-refractivity contribution is 0.0180. The van der Waals surface area contributed by atoms with Gasteiger partial charge in [0.1, 0.15) is 0 Å².